The topological polar surface area (TPSA) is 45.8 Å². The second kappa shape index (κ2) is 5.39. The van der Waals surface area contributed by atoms with Gasteiger partial charge in [0.1, 0.15) is 10.9 Å². The van der Waals surface area contributed by atoms with Crippen LogP contribution in [0.4, 0.5) is 0 Å². The number of benzene rings is 2. The van der Waals surface area contributed by atoms with Crippen molar-refractivity contribution in [1.82, 2.24) is 3.96 Å². The molecule has 0 unspecified atom stereocenters. The second-order valence-corrected chi connectivity index (χ2v) is 5.66. The number of hydrogen-bond donors (Lipinski definition) is 0. The van der Waals surface area contributed by atoms with Crippen LogP contribution in [0.3, 0.4) is 0 Å². The molecule has 3 aromatic rings. The number of nitrogens with zero attached hydrogens (tertiary/aromatic N) is 2. The average molecular weight is 292 g/mol. The van der Waals surface area contributed by atoms with Crippen molar-refractivity contribution in [3.05, 3.63) is 75.4 Å². The maximum Gasteiger partial charge on any atom is 0.274 e. The fraction of sp³-hybridized carbons (Fsp3) is 0.0588. The van der Waals surface area contributed by atoms with Crippen molar-refractivity contribution in [2.45, 2.75) is 6.92 Å². The fourth-order valence-electron chi connectivity index (χ4n) is 2.16. The van der Waals surface area contributed by atoms with E-state index in [0.717, 1.165) is 16.8 Å². The minimum absolute atomic E-state index is 0.147. The number of rotatable bonds is 2. The molecule has 3 nitrogen and oxygen atoms in total. The standard InChI is InChI=1S/C17H12N2OS/c1-12-7-9-14(10-8-12)19-17(20)16(15(11-18)21-19)13-5-3-2-4-6-13/h2-10H,1H3. The van der Waals surface area contributed by atoms with Crippen molar-refractivity contribution in [1.29, 1.82) is 5.26 Å². The zero-order valence-corrected chi connectivity index (χ0v) is 12.2. The Kier molecular flexibility index (Phi) is 3.43. The Morgan fingerprint density at radius 2 is 1.71 bits per heavy atom. The van der Waals surface area contributed by atoms with Crippen LogP contribution in [0.2, 0.25) is 0 Å². The summed E-state index contributed by atoms with van der Waals surface area (Å²) in [4.78, 5) is 13.1. The number of hydrogen-bond acceptors (Lipinski definition) is 3. The lowest BCUT2D eigenvalue weighted by Gasteiger charge is -2.00. The summed E-state index contributed by atoms with van der Waals surface area (Å²) >= 11 is 1.18. The van der Waals surface area contributed by atoms with Gasteiger partial charge in [0.05, 0.1) is 11.3 Å². The molecule has 0 aliphatic rings. The Balaban J connectivity index is 2.22. The third-order valence-corrected chi connectivity index (χ3v) is 4.28. The number of nitriles is 1. The first-order valence-corrected chi connectivity index (χ1v) is 7.27. The molecular formula is C17H12N2OS. The van der Waals surface area contributed by atoms with Crippen LogP contribution < -0.4 is 5.56 Å². The molecule has 0 fully saturated rings. The third-order valence-electron chi connectivity index (χ3n) is 3.24. The largest absolute Gasteiger partial charge is 0.274 e. The predicted octanol–water partition coefficient (Wildman–Crippen LogP) is 3.75. The molecule has 0 atom stereocenters. The van der Waals surface area contributed by atoms with E-state index in [1.807, 2.05) is 61.5 Å². The lowest BCUT2D eigenvalue weighted by Crippen LogP contribution is -2.12. The van der Waals surface area contributed by atoms with Crippen molar-refractivity contribution >= 4 is 11.5 Å². The highest BCUT2D eigenvalue weighted by molar-refractivity contribution is 7.07. The van der Waals surface area contributed by atoms with Gasteiger partial charge in [-0.2, -0.15) is 5.26 Å². The van der Waals surface area contributed by atoms with Crippen LogP contribution in [-0.4, -0.2) is 3.96 Å². The van der Waals surface area contributed by atoms with Crippen LogP contribution >= 0.6 is 11.5 Å². The first kappa shape index (κ1) is 13.3. The Hall–Kier alpha value is -2.64. The van der Waals surface area contributed by atoms with Crippen LogP contribution in [0.25, 0.3) is 16.8 Å². The van der Waals surface area contributed by atoms with E-state index in [2.05, 4.69) is 6.07 Å². The van der Waals surface area contributed by atoms with Gasteiger partial charge in [0.25, 0.3) is 5.56 Å². The van der Waals surface area contributed by atoms with E-state index in [9.17, 15) is 10.1 Å². The Labute approximate surface area is 126 Å². The average Bonchev–Trinajstić information content (AvgIpc) is 2.86. The zero-order chi connectivity index (χ0) is 14.8. The van der Waals surface area contributed by atoms with Gasteiger partial charge in [-0.15, -0.1) is 0 Å². The van der Waals surface area contributed by atoms with Gasteiger partial charge in [0, 0.05) is 0 Å². The molecule has 0 bridgehead atoms. The molecule has 0 saturated heterocycles. The third kappa shape index (κ3) is 2.39. The van der Waals surface area contributed by atoms with Gasteiger partial charge in [0.15, 0.2) is 0 Å². The highest BCUT2D eigenvalue weighted by Crippen LogP contribution is 2.25. The lowest BCUT2D eigenvalue weighted by atomic mass is 10.1. The first-order valence-electron chi connectivity index (χ1n) is 6.49. The van der Waals surface area contributed by atoms with E-state index in [-0.39, 0.29) is 5.56 Å². The second-order valence-electron chi connectivity index (χ2n) is 4.71. The summed E-state index contributed by atoms with van der Waals surface area (Å²) in [7, 11) is 0. The Bertz CT molecular complexity index is 868. The molecule has 0 amide bonds. The summed E-state index contributed by atoms with van der Waals surface area (Å²) < 4.78 is 1.57. The van der Waals surface area contributed by atoms with Crippen molar-refractivity contribution < 1.29 is 0 Å². The van der Waals surface area contributed by atoms with Gasteiger partial charge in [-0.25, -0.2) is 3.96 Å². The van der Waals surface area contributed by atoms with E-state index in [0.29, 0.717) is 10.4 Å². The molecule has 4 heteroatoms. The SMILES string of the molecule is Cc1ccc(-n2sc(C#N)c(-c3ccccc3)c2=O)cc1. The summed E-state index contributed by atoms with van der Waals surface area (Å²) in [5.74, 6) is 0. The molecule has 1 heterocycles. The highest BCUT2D eigenvalue weighted by atomic mass is 32.1. The van der Waals surface area contributed by atoms with E-state index in [1.54, 1.807) is 3.96 Å². The number of aryl methyl sites for hydroxylation is 1. The molecule has 0 radical (unpaired) electrons. The van der Waals surface area contributed by atoms with Crippen LogP contribution in [0.15, 0.2) is 59.4 Å². The van der Waals surface area contributed by atoms with Gasteiger partial charge >= 0.3 is 0 Å². The molecule has 0 spiro atoms. The van der Waals surface area contributed by atoms with Crippen LogP contribution in [0.1, 0.15) is 10.4 Å². The quantitative estimate of drug-likeness (QED) is 0.722. The van der Waals surface area contributed by atoms with Crippen LogP contribution in [0.5, 0.6) is 0 Å². The lowest BCUT2D eigenvalue weighted by molar-refractivity contribution is 1.13. The molecule has 0 saturated carbocycles. The zero-order valence-electron chi connectivity index (χ0n) is 11.4. The minimum Gasteiger partial charge on any atom is -0.267 e. The van der Waals surface area contributed by atoms with Crippen molar-refractivity contribution in [3.8, 4) is 22.9 Å². The van der Waals surface area contributed by atoms with Crippen LogP contribution in [0, 0.1) is 18.3 Å². The van der Waals surface area contributed by atoms with Crippen molar-refractivity contribution in [2.24, 2.45) is 0 Å². The summed E-state index contributed by atoms with van der Waals surface area (Å²) in [6.07, 6.45) is 0. The Morgan fingerprint density at radius 1 is 1.05 bits per heavy atom. The predicted molar refractivity (Wildman–Crippen MR) is 84.8 cm³/mol. The number of aromatic nitrogens is 1. The maximum atomic E-state index is 12.7. The van der Waals surface area contributed by atoms with Gasteiger partial charge in [-0.05, 0) is 36.2 Å². The van der Waals surface area contributed by atoms with Crippen LogP contribution in [-0.2, 0) is 0 Å². The van der Waals surface area contributed by atoms with E-state index in [1.165, 1.54) is 11.5 Å². The fourth-order valence-corrected chi connectivity index (χ4v) is 3.08. The molecular weight excluding hydrogens is 280 g/mol. The summed E-state index contributed by atoms with van der Waals surface area (Å²) in [6.45, 7) is 2.00. The summed E-state index contributed by atoms with van der Waals surface area (Å²) in [6, 6.07) is 19.1. The molecule has 102 valence electrons. The van der Waals surface area contributed by atoms with Gasteiger partial charge in [-0.3, -0.25) is 4.79 Å². The normalized spacial score (nSPS) is 10.3. The summed E-state index contributed by atoms with van der Waals surface area (Å²) in [5, 5.41) is 9.32. The van der Waals surface area contributed by atoms with Gasteiger partial charge in [0.2, 0.25) is 0 Å². The molecule has 2 aromatic carbocycles. The Morgan fingerprint density at radius 3 is 2.33 bits per heavy atom. The van der Waals surface area contributed by atoms with E-state index in [4.69, 9.17) is 0 Å². The van der Waals surface area contributed by atoms with Gasteiger partial charge in [-0.1, -0.05) is 48.0 Å². The minimum atomic E-state index is -0.147. The monoisotopic (exact) mass is 292 g/mol. The smallest absolute Gasteiger partial charge is 0.267 e. The van der Waals surface area contributed by atoms with E-state index >= 15 is 0 Å². The maximum absolute atomic E-state index is 12.7. The molecule has 1 aromatic heterocycles. The molecule has 0 N–H and O–H groups in total. The molecule has 3 rings (SSSR count). The van der Waals surface area contributed by atoms with Crippen molar-refractivity contribution in [2.75, 3.05) is 0 Å². The summed E-state index contributed by atoms with van der Waals surface area (Å²) in [5.41, 5.74) is 3.03. The molecule has 21 heavy (non-hydrogen) atoms. The van der Waals surface area contributed by atoms with Gasteiger partial charge < -0.3 is 0 Å². The van der Waals surface area contributed by atoms with Crippen molar-refractivity contribution in [3.63, 3.8) is 0 Å². The highest BCUT2D eigenvalue weighted by Gasteiger charge is 2.17. The first-order chi connectivity index (χ1) is 10.2. The molecule has 0 aliphatic carbocycles. The molecule has 0 aliphatic heterocycles. The van der Waals surface area contributed by atoms with E-state index < -0.39 is 0 Å².